The number of ether oxygens (including phenoxy) is 2. The number of nitrogens with one attached hydrogen (secondary N) is 1. The maximum absolute atomic E-state index is 5.60. The molecule has 1 aromatic carbocycles. The van der Waals surface area contributed by atoms with E-state index in [1.165, 1.54) is 5.56 Å². The average Bonchev–Trinajstić information content (AvgIpc) is 2.34. The van der Waals surface area contributed by atoms with Crippen LogP contribution in [0.5, 0.6) is 0 Å². The summed E-state index contributed by atoms with van der Waals surface area (Å²) in [6.07, 6.45) is 0.271. The van der Waals surface area contributed by atoms with Gasteiger partial charge in [-0.1, -0.05) is 30.3 Å². The molecule has 0 fully saturated rings. The lowest BCUT2D eigenvalue weighted by Gasteiger charge is -2.17. The zero-order chi connectivity index (χ0) is 12.5. The van der Waals surface area contributed by atoms with Crippen LogP contribution >= 0.6 is 0 Å². The lowest BCUT2D eigenvalue weighted by Crippen LogP contribution is -2.23. The van der Waals surface area contributed by atoms with Gasteiger partial charge in [0.05, 0.1) is 32.0 Å². The highest BCUT2D eigenvalue weighted by molar-refractivity contribution is 5.18. The van der Waals surface area contributed by atoms with Gasteiger partial charge in [0.1, 0.15) is 0 Å². The van der Waals surface area contributed by atoms with Gasteiger partial charge in [0.2, 0.25) is 0 Å². The quantitative estimate of drug-likeness (QED) is 0.704. The van der Waals surface area contributed by atoms with E-state index in [1.807, 2.05) is 39.1 Å². The van der Waals surface area contributed by atoms with Gasteiger partial charge in [-0.05, 0) is 26.5 Å². The van der Waals surface area contributed by atoms with Crippen molar-refractivity contribution in [1.82, 2.24) is 5.32 Å². The Bertz CT molecular complexity index is 288. The molecule has 17 heavy (non-hydrogen) atoms. The summed E-state index contributed by atoms with van der Waals surface area (Å²) >= 11 is 0. The Morgan fingerprint density at radius 3 is 2.41 bits per heavy atom. The van der Waals surface area contributed by atoms with E-state index in [0.717, 1.165) is 0 Å². The van der Waals surface area contributed by atoms with Gasteiger partial charge in [-0.25, -0.2) is 0 Å². The fraction of sp³-hybridized carbons (Fsp3) is 0.571. The highest BCUT2D eigenvalue weighted by atomic mass is 16.5. The van der Waals surface area contributed by atoms with Gasteiger partial charge in [-0.15, -0.1) is 0 Å². The minimum absolute atomic E-state index is 0.246. The van der Waals surface area contributed by atoms with Crippen molar-refractivity contribution in [2.45, 2.75) is 26.0 Å². The van der Waals surface area contributed by atoms with Crippen LogP contribution in [0.1, 0.15) is 25.5 Å². The highest BCUT2D eigenvalue weighted by Gasteiger charge is 2.08. The lowest BCUT2D eigenvalue weighted by molar-refractivity contribution is 0.0142. The number of hydrogen-bond acceptors (Lipinski definition) is 3. The summed E-state index contributed by atoms with van der Waals surface area (Å²) in [5.41, 5.74) is 1.25. The van der Waals surface area contributed by atoms with E-state index >= 15 is 0 Å². The van der Waals surface area contributed by atoms with Crippen LogP contribution in [0.2, 0.25) is 0 Å². The van der Waals surface area contributed by atoms with Crippen LogP contribution in [0, 0.1) is 0 Å². The molecule has 3 heteroatoms. The molecule has 0 aliphatic rings. The first-order valence-electron chi connectivity index (χ1n) is 6.15. The second-order valence-corrected chi connectivity index (χ2v) is 4.25. The van der Waals surface area contributed by atoms with Crippen molar-refractivity contribution in [1.29, 1.82) is 0 Å². The summed E-state index contributed by atoms with van der Waals surface area (Å²) in [4.78, 5) is 0. The van der Waals surface area contributed by atoms with Gasteiger partial charge in [0, 0.05) is 0 Å². The molecular formula is C14H23NO2. The van der Waals surface area contributed by atoms with E-state index in [4.69, 9.17) is 9.47 Å². The van der Waals surface area contributed by atoms with E-state index in [1.54, 1.807) is 0 Å². The molecule has 0 radical (unpaired) electrons. The van der Waals surface area contributed by atoms with Crippen LogP contribution < -0.4 is 5.32 Å². The Hall–Kier alpha value is -0.900. The largest absolute Gasteiger partial charge is 0.377 e. The molecule has 0 heterocycles. The Morgan fingerprint density at radius 2 is 1.82 bits per heavy atom. The van der Waals surface area contributed by atoms with Crippen molar-refractivity contribution in [3.63, 3.8) is 0 Å². The molecule has 0 aromatic heterocycles. The van der Waals surface area contributed by atoms with E-state index in [-0.39, 0.29) is 12.1 Å². The molecule has 3 nitrogen and oxygen atoms in total. The second-order valence-electron chi connectivity index (χ2n) is 4.25. The summed E-state index contributed by atoms with van der Waals surface area (Å²) in [6, 6.07) is 10.6. The van der Waals surface area contributed by atoms with Gasteiger partial charge in [-0.3, -0.25) is 0 Å². The van der Waals surface area contributed by atoms with Gasteiger partial charge in [-0.2, -0.15) is 0 Å². The maximum Gasteiger partial charge on any atom is 0.0703 e. The van der Waals surface area contributed by atoms with E-state index in [9.17, 15) is 0 Å². The van der Waals surface area contributed by atoms with Crippen molar-refractivity contribution >= 4 is 0 Å². The Morgan fingerprint density at radius 1 is 1.12 bits per heavy atom. The first kappa shape index (κ1) is 14.2. The summed E-state index contributed by atoms with van der Waals surface area (Å²) < 4.78 is 11.0. The SMILES string of the molecule is CNC(COCCOC(C)C)c1ccccc1. The average molecular weight is 237 g/mol. The Labute approximate surface area is 104 Å². The summed E-state index contributed by atoms with van der Waals surface area (Å²) in [5, 5.41) is 3.25. The van der Waals surface area contributed by atoms with Crippen LogP contribution in [0.3, 0.4) is 0 Å². The molecule has 1 atom stereocenters. The molecule has 1 aromatic rings. The maximum atomic E-state index is 5.60. The second kappa shape index (κ2) is 8.23. The van der Waals surface area contributed by atoms with Crippen molar-refractivity contribution < 1.29 is 9.47 Å². The van der Waals surface area contributed by atoms with Crippen LogP contribution in [-0.2, 0) is 9.47 Å². The van der Waals surface area contributed by atoms with Gasteiger partial charge < -0.3 is 14.8 Å². The molecule has 0 aliphatic carbocycles. The number of benzene rings is 1. The first-order chi connectivity index (χ1) is 8.24. The van der Waals surface area contributed by atoms with E-state index in [2.05, 4.69) is 17.4 Å². The normalized spacial score (nSPS) is 12.9. The fourth-order valence-corrected chi connectivity index (χ4v) is 1.58. The minimum Gasteiger partial charge on any atom is -0.377 e. The highest BCUT2D eigenvalue weighted by Crippen LogP contribution is 2.11. The Balaban J connectivity index is 2.24. The summed E-state index contributed by atoms with van der Waals surface area (Å²) in [7, 11) is 1.95. The van der Waals surface area contributed by atoms with E-state index < -0.39 is 0 Å². The molecule has 96 valence electrons. The van der Waals surface area contributed by atoms with Crippen molar-refractivity contribution in [2.24, 2.45) is 0 Å². The molecule has 1 rings (SSSR count). The number of hydrogen-bond donors (Lipinski definition) is 1. The summed E-state index contributed by atoms with van der Waals surface area (Å²) in [5.74, 6) is 0. The summed E-state index contributed by atoms with van der Waals surface area (Å²) in [6.45, 7) is 6.02. The molecule has 0 bridgehead atoms. The molecular weight excluding hydrogens is 214 g/mol. The smallest absolute Gasteiger partial charge is 0.0703 e. The molecule has 1 N–H and O–H groups in total. The molecule has 0 saturated heterocycles. The standard InChI is InChI=1S/C14H23NO2/c1-12(2)17-10-9-16-11-14(15-3)13-7-5-4-6-8-13/h4-8,12,14-15H,9-11H2,1-3H3. The zero-order valence-electron chi connectivity index (χ0n) is 11.0. The van der Waals surface area contributed by atoms with Crippen molar-refractivity contribution in [3.05, 3.63) is 35.9 Å². The van der Waals surface area contributed by atoms with Crippen molar-refractivity contribution in [3.8, 4) is 0 Å². The first-order valence-corrected chi connectivity index (χ1v) is 6.15. The van der Waals surface area contributed by atoms with E-state index in [0.29, 0.717) is 19.8 Å². The minimum atomic E-state index is 0.246. The lowest BCUT2D eigenvalue weighted by atomic mass is 10.1. The molecule has 0 saturated carbocycles. The topological polar surface area (TPSA) is 30.5 Å². The zero-order valence-corrected chi connectivity index (χ0v) is 11.0. The Kier molecular flexibility index (Phi) is 6.86. The third kappa shape index (κ3) is 5.82. The molecule has 1 unspecified atom stereocenters. The fourth-order valence-electron chi connectivity index (χ4n) is 1.58. The van der Waals surface area contributed by atoms with Gasteiger partial charge >= 0.3 is 0 Å². The molecule has 0 amide bonds. The van der Waals surface area contributed by atoms with Crippen LogP contribution in [0.15, 0.2) is 30.3 Å². The third-order valence-corrected chi connectivity index (χ3v) is 2.51. The third-order valence-electron chi connectivity index (χ3n) is 2.51. The van der Waals surface area contributed by atoms with Crippen LogP contribution in [-0.4, -0.2) is 33.0 Å². The van der Waals surface area contributed by atoms with Gasteiger partial charge in [0.25, 0.3) is 0 Å². The number of likely N-dealkylation sites (N-methyl/N-ethyl adjacent to an activating group) is 1. The molecule has 0 spiro atoms. The predicted octanol–water partition coefficient (Wildman–Crippen LogP) is 2.39. The predicted molar refractivity (Wildman–Crippen MR) is 70.1 cm³/mol. The van der Waals surface area contributed by atoms with Crippen LogP contribution in [0.25, 0.3) is 0 Å². The monoisotopic (exact) mass is 237 g/mol. The van der Waals surface area contributed by atoms with Crippen LogP contribution in [0.4, 0.5) is 0 Å². The van der Waals surface area contributed by atoms with Gasteiger partial charge in [0.15, 0.2) is 0 Å². The van der Waals surface area contributed by atoms with Crippen molar-refractivity contribution in [2.75, 3.05) is 26.9 Å². The number of rotatable bonds is 8. The molecule has 0 aliphatic heterocycles.